The van der Waals surface area contributed by atoms with E-state index < -0.39 is 5.97 Å². The van der Waals surface area contributed by atoms with E-state index in [2.05, 4.69) is 9.97 Å². The Morgan fingerprint density at radius 3 is 2.83 bits per heavy atom. The maximum absolute atomic E-state index is 11.0. The Morgan fingerprint density at radius 1 is 1.50 bits per heavy atom. The fourth-order valence-corrected chi connectivity index (χ4v) is 1.99. The van der Waals surface area contributed by atoms with Gasteiger partial charge in [0.1, 0.15) is 0 Å². The highest BCUT2D eigenvalue weighted by atomic mass is 16.5. The summed E-state index contributed by atoms with van der Waals surface area (Å²) in [6.07, 6.45) is 0. The zero-order valence-electron chi connectivity index (χ0n) is 10.8. The minimum absolute atomic E-state index is 0.0294. The Bertz CT molecular complexity index is 474. The normalized spacial score (nSPS) is 18.7. The van der Waals surface area contributed by atoms with Crippen molar-refractivity contribution < 1.29 is 14.6 Å². The maximum Gasteiger partial charge on any atom is 0.354 e. The van der Waals surface area contributed by atoms with Gasteiger partial charge in [0, 0.05) is 18.8 Å². The Labute approximate surface area is 106 Å². The van der Waals surface area contributed by atoms with Gasteiger partial charge in [-0.2, -0.15) is 0 Å². The van der Waals surface area contributed by atoms with Crippen molar-refractivity contribution in [3.8, 4) is 0 Å². The van der Waals surface area contributed by atoms with Gasteiger partial charge in [-0.05, 0) is 26.8 Å². The van der Waals surface area contributed by atoms with Gasteiger partial charge in [-0.25, -0.2) is 14.8 Å². The lowest BCUT2D eigenvalue weighted by Gasteiger charge is -2.38. The van der Waals surface area contributed by atoms with E-state index in [0.717, 1.165) is 0 Å². The molecule has 0 spiro atoms. The SMILES string of the molecule is Cc1cc(C(=O)O)nc(N2CCOC(C)(C)C2)n1. The summed E-state index contributed by atoms with van der Waals surface area (Å²) in [4.78, 5) is 21.3. The summed E-state index contributed by atoms with van der Waals surface area (Å²) in [5, 5.41) is 9.00. The third-order valence-corrected chi connectivity index (χ3v) is 2.77. The van der Waals surface area contributed by atoms with Crippen molar-refractivity contribution in [1.82, 2.24) is 9.97 Å². The molecule has 0 aliphatic carbocycles. The Balaban J connectivity index is 2.30. The lowest BCUT2D eigenvalue weighted by molar-refractivity contribution is -0.0281. The molecular formula is C12H17N3O3. The number of aryl methyl sites for hydroxylation is 1. The van der Waals surface area contributed by atoms with Gasteiger partial charge in [0.25, 0.3) is 0 Å². The highest BCUT2D eigenvalue weighted by Crippen LogP contribution is 2.20. The van der Waals surface area contributed by atoms with Gasteiger partial charge in [0.15, 0.2) is 5.69 Å². The van der Waals surface area contributed by atoms with Gasteiger partial charge in [0.05, 0.1) is 12.2 Å². The lowest BCUT2D eigenvalue weighted by atomic mass is 10.1. The highest BCUT2D eigenvalue weighted by molar-refractivity contribution is 5.85. The van der Waals surface area contributed by atoms with Crippen molar-refractivity contribution >= 4 is 11.9 Å². The summed E-state index contributed by atoms with van der Waals surface area (Å²) in [7, 11) is 0. The molecule has 0 amide bonds. The average molecular weight is 251 g/mol. The van der Waals surface area contributed by atoms with E-state index in [-0.39, 0.29) is 11.3 Å². The van der Waals surface area contributed by atoms with Crippen LogP contribution in [-0.4, -0.2) is 46.3 Å². The van der Waals surface area contributed by atoms with E-state index in [4.69, 9.17) is 9.84 Å². The van der Waals surface area contributed by atoms with Crippen LogP contribution >= 0.6 is 0 Å². The third-order valence-electron chi connectivity index (χ3n) is 2.77. The summed E-state index contributed by atoms with van der Waals surface area (Å²) >= 11 is 0. The number of anilines is 1. The van der Waals surface area contributed by atoms with Gasteiger partial charge in [-0.1, -0.05) is 0 Å². The number of aromatic carboxylic acids is 1. The molecule has 1 aliphatic rings. The first-order chi connectivity index (χ1) is 8.37. The van der Waals surface area contributed by atoms with Gasteiger partial charge >= 0.3 is 5.97 Å². The largest absolute Gasteiger partial charge is 0.477 e. The topological polar surface area (TPSA) is 75.5 Å². The first-order valence-corrected chi connectivity index (χ1v) is 5.85. The van der Waals surface area contributed by atoms with Gasteiger partial charge in [0.2, 0.25) is 5.95 Å². The zero-order valence-corrected chi connectivity index (χ0v) is 10.8. The molecule has 0 aromatic carbocycles. The van der Waals surface area contributed by atoms with E-state index in [1.165, 1.54) is 6.07 Å². The van der Waals surface area contributed by atoms with Crippen LogP contribution in [0.1, 0.15) is 30.0 Å². The molecule has 0 saturated carbocycles. The zero-order chi connectivity index (χ0) is 13.3. The Morgan fingerprint density at radius 2 is 2.22 bits per heavy atom. The summed E-state index contributed by atoms with van der Waals surface area (Å²) in [6, 6.07) is 1.47. The first-order valence-electron chi connectivity index (χ1n) is 5.85. The summed E-state index contributed by atoms with van der Waals surface area (Å²) in [5.74, 6) is -0.571. The number of carbonyl (C=O) groups is 1. The highest BCUT2D eigenvalue weighted by Gasteiger charge is 2.29. The van der Waals surface area contributed by atoms with Crippen molar-refractivity contribution in [2.24, 2.45) is 0 Å². The predicted molar refractivity (Wildman–Crippen MR) is 66.0 cm³/mol. The van der Waals surface area contributed by atoms with Crippen LogP contribution in [-0.2, 0) is 4.74 Å². The minimum atomic E-state index is -1.03. The minimum Gasteiger partial charge on any atom is -0.477 e. The van der Waals surface area contributed by atoms with Crippen LogP contribution in [0.5, 0.6) is 0 Å². The van der Waals surface area contributed by atoms with Crippen LogP contribution < -0.4 is 4.90 Å². The van der Waals surface area contributed by atoms with E-state index >= 15 is 0 Å². The molecule has 1 fully saturated rings. The van der Waals surface area contributed by atoms with Gasteiger partial charge in [-0.3, -0.25) is 0 Å². The number of nitrogens with zero attached hydrogens (tertiary/aromatic N) is 3. The molecular weight excluding hydrogens is 234 g/mol. The molecule has 98 valence electrons. The van der Waals surface area contributed by atoms with Crippen LogP contribution in [0.15, 0.2) is 6.07 Å². The quantitative estimate of drug-likeness (QED) is 0.848. The Hall–Kier alpha value is -1.69. The van der Waals surface area contributed by atoms with E-state index in [9.17, 15) is 4.79 Å². The van der Waals surface area contributed by atoms with Crippen molar-refractivity contribution in [2.45, 2.75) is 26.4 Å². The number of morpholine rings is 1. The molecule has 0 unspecified atom stereocenters. The molecule has 6 nitrogen and oxygen atoms in total. The van der Waals surface area contributed by atoms with Crippen LogP contribution in [0.4, 0.5) is 5.95 Å². The second-order valence-corrected chi connectivity index (χ2v) is 5.03. The van der Waals surface area contributed by atoms with Crippen molar-refractivity contribution in [3.05, 3.63) is 17.5 Å². The van der Waals surface area contributed by atoms with Crippen LogP contribution in [0.3, 0.4) is 0 Å². The van der Waals surface area contributed by atoms with Crippen LogP contribution in [0, 0.1) is 6.92 Å². The summed E-state index contributed by atoms with van der Waals surface area (Å²) in [5.41, 5.74) is 0.415. The molecule has 2 heterocycles. The van der Waals surface area contributed by atoms with Gasteiger partial charge < -0.3 is 14.7 Å². The molecule has 1 N–H and O–H groups in total. The number of aromatic nitrogens is 2. The monoisotopic (exact) mass is 251 g/mol. The molecule has 0 radical (unpaired) electrons. The van der Waals surface area contributed by atoms with Crippen molar-refractivity contribution in [1.29, 1.82) is 0 Å². The fraction of sp³-hybridized carbons (Fsp3) is 0.583. The van der Waals surface area contributed by atoms with E-state index in [1.807, 2.05) is 18.7 Å². The number of hydrogen-bond acceptors (Lipinski definition) is 5. The molecule has 6 heteroatoms. The molecule has 1 aromatic rings. The van der Waals surface area contributed by atoms with E-state index in [0.29, 0.717) is 31.3 Å². The second-order valence-electron chi connectivity index (χ2n) is 5.03. The van der Waals surface area contributed by atoms with Crippen molar-refractivity contribution in [2.75, 3.05) is 24.6 Å². The summed E-state index contributed by atoms with van der Waals surface area (Å²) < 4.78 is 5.61. The molecule has 1 aliphatic heterocycles. The molecule has 1 aromatic heterocycles. The number of hydrogen-bond donors (Lipinski definition) is 1. The van der Waals surface area contributed by atoms with Crippen molar-refractivity contribution in [3.63, 3.8) is 0 Å². The fourth-order valence-electron chi connectivity index (χ4n) is 1.99. The first kappa shape index (κ1) is 12.8. The molecule has 18 heavy (non-hydrogen) atoms. The number of ether oxygens (including phenoxy) is 1. The third kappa shape index (κ3) is 2.76. The van der Waals surface area contributed by atoms with Crippen LogP contribution in [0.2, 0.25) is 0 Å². The standard InChI is InChI=1S/C12H17N3O3/c1-8-6-9(10(16)17)14-11(13-8)15-4-5-18-12(2,3)7-15/h6H,4-5,7H2,1-3H3,(H,16,17). The number of carboxylic acid groups (broad SMARTS) is 1. The molecule has 2 rings (SSSR count). The number of rotatable bonds is 2. The van der Waals surface area contributed by atoms with Gasteiger partial charge in [-0.15, -0.1) is 0 Å². The lowest BCUT2D eigenvalue weighted by Crippen LogP contribution is -2.49. The molecule has 0 bridgehead atoms. The van der Waals surface area contributed by atoms with Crippen LogP contribution in [0.25, 0.3) is 0 Å². The summed E-state index contributed by atoms with van der Waals surface area (Å²) in [6.45, 7) is 7.66. The average Bonchev–Trinajstić information content (AvgIpc) is 2.26. The second kappa shape index (κ2) is 4.53. The maximum atomic E-state index is 11.0. The smallest absolute Gasteiger partial charge is 0.354 e. The number of carboxylic acids is 1. The molecule has 1 saturated heterocycles. The van der Waals surface area contributed by atoms with E-state index in [1.54, 1.807) is 6.92 Å². The Kier molecular flexibility index (Phi) is 3.21. The molecule has 0 atom stereocenters. The predicted octanol–water partition coefficient (Wildman–Crippen LogP) is 1.10.